The SMILES string of the molecule is CCCCNc1cncc(NCCC)c1. The molecule has 0 amide bonds. The average molecular weight is 207 g/mol. The van der Waals surface area contributed by atoms with Gasteiger partial charge in [0.2, 0.25) is 0 Å². The Balaban J connectivity index is 2.42. The second kappa shape index (κ2) is 7.10. The normalized spacial score (nSPS) is 10.0. The van der Waals surface area contributed by atoms with Crippen LogP contribution in [-0.2, 0) is 0 Å². The maximum absolute atomic E-state index is 4.19. The van der Waals surface area contributed by atoms with E-state index in [-0.39, 0.29) is 0 Å². The molecule has 1 heterocycles. The van der Waals surface area contributed by atoms with E-state index in [1.807, 2.05) is 12.4 Å². The number of rotatable bonds is 7. The molecular weight excluding hydrogens is 186 g/mol. The van der Waals surface area contributed by atoms with Gasteiger partial charge in [-0.15, -0.1) is 0 Å². The highest BCUT2D eigenvalue weighted by molar-refractivity contribution is 5.53. The Bertz CT molecular complexity index is 273. The zero-order chi connectivity index (χ0) is 10.9. The third-order valence-corrected chi connectivity index (χ3v) is 2.18. The molecule has 0 atom stereocenters. The molecule has 0 bridgehead atoms. The molecular formula is C12H21N3. The minimum Gasteiger partial charge on any atom is -0.384 e. The second-order valence-electron chi connectivity index (χ2n) is 3.67. The zero-order valence-electron chi connectivity index (χ0n) is 9.71. The Hall–Kier alpha value is -1.25. The van der Waals surface area contributed by atoms with E-state index in [1.54, 1.807) is 0 Å². The summed E-state index contributed by atoms with van der Waals surface area (Å²) in [6.45, 7) is 6.37. The first-order chi connectivity index (χ1) is 7.36. The van der Waals surface area contributed by atoms with Crippen molar-refractivity contribution >= 4 is 11.4 Å². The first-order valence-electron chi connectivity index (χ1n) is 5.79. The smallest absolute Gasteiger partial charge is 0.0547 e. The van der Waals surface area contributed by atoms with Crippen molar-refractivity contribution in [2.75, 3.05) is 23.7 Å². The molecule has 0 aliphatic carbocycles. The van der Waals surface area contributed by atoms with Crippen LogP contribution < -0.4 is 10.6 Å². The molecule has 0 unspecified atom stereocenters. The lowest BCUT2D eigenvalue weighted by atomic mass is 10.3. The number of hydrogen-bond acceptors (Lipinski definition) is 3. The Morgan fingerprint density at radius 1 is 1.00 bits per heavy atom. The van der Waals surface area contributed by atoms with Gasteiger partial charge < -0.3 is 10.6 Å². The van der Waals surface area contributed by atoms with Gasteiger partial charge in [0.25, 0.3) is 0 Å². The third-order valence-electron chi connectivity index (χ3n) is 2.18. The summed E-state index contributed by atoms with van der Waals surface area (Å²) in [5, 5.41) is 6.68. The fourth-order valence-electron chi connectivity index (χ4n) is 1.31. The number of hydrogen-bond donors (Lipinski definition) is 2. The molecule has 3 heteroatoms. The topological polar surface area (TPSA) is 37.0 Å². The number of unbranched alkanes of at least 4 members (excludes halogenated alkanes) is 1. The minimum absolute atomic E-state index is 1.00. The predicted octanol–water partition coefficient (Wildman–Crippen LogP) is 3.12. The molecule has 15 heavy (non-hydrogen) atoms. The monoisotopic (exact) mass is 207 g/mol. The molecule has 0 fully saturated rings. The summed E-state index contributed by atoms with van der Waals surface area (Å²) in [6, 6.07) is 2.11. The van der Waals surface area contributed by atoms with E-state index < -0.39 is 0 Å². The molecule has 0 spiro atoms. The number of nitrogens with zero attached hydrogens (tertiary/aromatic N) is 1. The third kappa shape index (κ3) is 4.68. The lowest BCUT2D eigenvalue weighted by Gasteiger charge is -2.08. The molecule has 1 aromatic rings. The lowest BCUT2D eigenvalue weighted by molar-refractivity contribution is 0.834. The van der Waals surface area contributed by atoms with Crippen LogP contribution in [0.5, 0.6) is 0 Å². The molecule has 0 radical (unpaired) electrons. The molecule has 0 aromatic carbocycles. The summed E-state index contributed by atoms with van der Waals surface area (Å²) in [6.07, 6.45) is 7.28. The van der Waals surface area contributed by atoms with Gasteiger partial charge in [-0.1, -0.05) is 20.3 Å². The number of aromatic nitrogens is 1. The lowest BCUT2D eigenvalue weighted by Crippen LogP contribution is -2.04. The van der Waals surface area contributed by atoms with Gasteiger partial charge in [-0.2, -0.15) is 0 Å². The summed E-state index contributed by atoms with van der Waals surface area (Å²) in [7, 11) is 0. The van der Waals surface area contributed by atoms with E-state index in [9.17, 15) is 0 Å². The number of pyridine rings is 1. The molecule has 0 aliphatic heterocycles. The molecule has 2 N–H and O–H groups in total. The molecule has 1 rings (SSSR count). The summed E-state index contributed by atoms with van der Waals surface area (Å²) in [4.78, 5) is 4.19. The fraction of sp³-hybridized carbons (Fsp3) is 0.583. The first kappa shape index (κ1) is 11.8. The minimum atomic E-state index is 1.00. The van der Waals surface area contributed by atoms with Crippen molar-refractivity contribution < 1.29 is 0 Å². The van der Waals surface area contributed by atoms with E-state index >= 15 is 0 Å². The Kier molecular flexibility index (Phi) is 5.59. The van der Waals surface area contributed by atoms with Crippen LogP contribution >= 0.6 is 0 Å². The standard InChI is InChI=1S/C12H21N3/c1-3-5-7-15-12-8-11(9-13-10-12)14-6-4-2/h8-10,14-15H,3-7H2,1-2H3. The van der Waals surface area contributed by atoms with Gasteiger partial charge in [-0.3, -0.25) is 4.98 Å². The average Bonchev–Trinajstić information content (AvgIpc) is 2.27. The van der Waals surface area contributed by atoms with Crippen LogP contribution in [0.15, 0.2) is 18.5 Å². The van der Waals surface area contributed by atoms with Gasteiger partial charge in [0.1, 0.15) is 0 Å². The molecule has 1 aromatic heterocycles. The van der Waals surface area contributed by atoms with E-state index in [1.165, 1.54) is 12.8 Å². The molecule has 0 aliphatic rings. The number of anilines is 2. The van der Waals surface area contributed by atoms with Gasteiger partial charge in [-0.05, 0) is 18.9 Å². The Morgan fingerprint density at radius 2 is 1.67 bits per heavy atom. The van der Waals surface area contributed by atoms with Gasteiger partial charge in [0, 0.05) is 13.1 Å². The van der Waals surface area contributed by atoms with Crippen molar-refractivity contribution in [1.82, 2.24) is 4.98 Å². The van der Waals surface area contributed by atoms with Crippen LogP contribution in [0.3, 0.4) is 0 Å². The largest absolute Gasteiger partial charge is 0.384 e. The van der Waals surface area contributed by atoms with Crippen LogP contribution in [-0.4, -0.2) is 18.1 Å². The van der Waals surface area contributed by atoms with Crippen LogP contribution in [0.1, 0.15) is 33.1 Å². The van der Waals surface area contributed by atoms with Crippen molar-refractivity contribution in [1.29, 1.82) is 0 Å². The van der Waals surface area contributed by atoms with Gasteiger partial charge in [0.05, 0.1) is 23.8 Å². The van der Waals surface area contributed by atoms with Crippen LogP contribution in [0, 0.1) is 0 Å². The highest BCUT2D eigenvalue weighted by Gasteiger charge is 1.94. The highest BCUT2D eigenvalue weighted by Crippen LogP contribution is 2.12. The molecule has 84 valence electrons. The summed E-state index contributed by atoms with van der Waals surface area (Å²) in [5.41, 5.74) is 2.20. The maximum atomic E-state index is 4.19. The second-order valence-corrected chi connectivity index (χ2v) is 3.67. The highest BCUT2D eigenvalue weighted by atomic mass is 14.9. The first-order valence-corrected chi connectivity index (χ1v) is 5.79. The Morgan fingerprint density at radius 3 is 2.27 bits per heavy atom. The number of nitrogens with one attached hydrogen (secondary N) is 2. The maximum Gasteiger partial charge on any atom is 0.0547 e. The quantitative estimate of drug-likeness (QED) is 0.674. The van der Waals surface area contributed by atoms with Crippen LogP contribution in [0.2, 0.25) is 0 Å². The zero-order valence-corrected chi connectivity index (χ0v) is 9.71. The van der Waals surface area contributed by atoms with Crippen LogP contribution in [0.25, 0.3) is 0 Å². The van der Waals surface area contributed by atoms with Crippen molar-refractivity contribution in [2.24, 2.45) is 0 Å². The summed E-state index contributed by atoms with van der Waals surface area (Å²) in [5.74, 6) is 0. The van der Waals surface area contributed by atoms with Gasteiger partial charge in [0.15, 0.2) is 0 Å². The van der Waals surface area contributed by atoms with E-state index in [4.69, 9.17) is 0 Å². The summed E-state index contributed by atoms with van der Waals surface area (Å²) >= 11 is 0. The van der Waals surface area contributed by atoms with E-state index in [2.05, 4.69) is 35.5 Å². The van der Waals surface area contributed by atoms with E-state index in [0.717, 1.165) is 30.9 Å². The van der Waals surface area contributed by atoms with Gasteiger partial charge >= 0.3 is 0 Å². The van der Waals surface area contributed by atoms with Crippen LogP contribution in [0.4, 0.5) is 11.4 Å². The Labute approximate surface area is 92.3 Å². The van der Waals surface area contributed by atoms with Crippen molar-refractivity contribution in [2.45, 2.75) is 33.1 Å². The van der Waals surface area contributed by atoms with Crippen molar-refractivity contribution in [3.05, 3.63) is 18.5 Å². The molecule has 3 nitrogen and oxygen atoms in total. The molecule has 0 saturated heterocycles. The van der Waals surface area contributed by atoms with E-state index in [0.29, 0.717) is 0 Å². The van der Waals surface area contributed by atoms with Gasteiger partial charge in [-0.25, -0.2) is 0 Å². The summed E-state index contributed by atoms with van der Waals surface area (Å²) < 4.78 is 0. The predicted molar refractivity (Wildman–Crippen MR) is 66.4 cm³/mol. The van der Waals surface area contributed by atoms with Crippen molar-refractivity contribution in [3.8, 4) is 0 Å². The fourth-order valence-corrected chi connectivity index (χ4v) is 1.31. The molecule has 0 saturated carbocycles. The van der Waals surface area contributed by atoms with Crippen molar-refractivity contribution in [3.63, 3.8) is 0 Å².